The topological polar surface area (TPSA) is 43.4 Å². The van der Waals surface area contributed by atoms with Gasteiger partial charge in [-0.3, -0.25) is 0 Å². The first-order chi connectivity index (χ1) is 9.44. The summed E-state index contributed by atoms with van der Waals surface area (Å²) < 4.78 is 5.56. The van der Waals surface area contributed by atoms with E-state index in [-0.39, 0.29) is 5.97 Å². The maximum Gasteiger partial charge on any atom is 0.338 e. The van der Waals surface area contributed by atoms with Crippen LogP contribution >= 0.6 is 0 Å². The summed E-state index contributed by atoms with van der Waals surface area (Å²) in [5.74, 6) is 0.115. The molecule has 0 fully saturated rings. The van der Waals surface area contributed by atoms with Crippen molar-refractivity contribution in [2.75, 3.05) is 0 Å². The number of aldehydes is 1. The van der Waals surface area contributed by atoms with Gasteiger partial charge in [-0.25, -0.2) is 4.79 Å². The molecule has 0 aliphatic heterocycles. The number of benzene rings is 1. The van der Waals surface area contributed by atoms with Gasteiger partial charge in [0, 0.05) is 6.42 Å². The molecule has 1 unspecified atom stereocenters. The SMILES string of the molecule is CC(CC=O)CCCC(C)(C)OC(=O)c1ccccc1. The Hall–Kier alpha value is -1.64. The summed E-state index contributed by atoms with van der Waals surface area (Å²) in [4.78, 5) is 22.4. The van der Waals surface area contributed by atoms with E-state index in [0.29, 0.717) is 17.9 Å². The van der Waals surface area contributed by atoms with Crippen molar-refractivity contribution in [3.8, 4) is 0 Å². The van der Waals surface area contributed by atoms with Gasteiger partial charge in [-0.05, 0) is 44.7 Å². The second-order valence-electron chi connectivity index (χ2n) is 5.92. The van der Waals surface area contributed by atoms with E-state index in [9.17, 15) is 9.59 Å². The lowest BCUT2D eigenvalue weighted by Crippen LogP contribution is -2.28. The number of carbonyl (C=O) groups excluding carboxylic acids is 2. The summed E-state index contributed by atoms with van der Waals surface area (Å²) in [6.07, 6.45) is 4.29. The van der Waals surface area contributed by atoms with E-state index in [4.69, 9.17) is 4.74 Å². The number of carbonyl (C=O) groups is 2. The fourth-order valence-corrected chi connectivity index (χ4v) is 2.09. The van der Waals surface area contributed by atoms with Crippen LogP contribution in [0.3, 0.4) is 0 Å². The van der Waals surface area contributed by atoms with Crippen molar-refractivity contribution in [1.29, 1.82) is 0 Å². The van der Waals surface area contributed by atoms with Crippen molar-refractivity contribution in [3.63, 3.8) is 0 Å². The predicted octanol–water partition coefficient (Wildman–Crippen LogP) is 4.02. The molecular formula is C17H24O3. The monoisotopic (exact) mass is 276 g/mol. The first kappa shape index (κ1) is 16.4. The Morgan fingerprint density at radius 2 is 1.95 bits per heavy atom. The molecule has 110 valence electrons. The van der Waals surface area contributed by atoms with Crippen molar-refractivity contribution in [1.82, 2.24) is 0 Å². The minimum atomic E-state index is -0.478. The van der Waals surface area contributed by atoms with Crippen LogP contribution in [0.2, 0.25) is 0 Å². The van der Waals surface area contributed by atoms with E-state index in [2.05, 4.69) is 6.92 Å². The Labute approximate surface area is 121 Å². The minimum absolute atomic E-state index is 0.281. The minimum Gasteiger partial charge on any atom is -0.456 e. The predicted molar refractivity (Wildman–Crippen MR) is 79.6 cm³/mol. The summed E-state index contributed by atoms with van der Waals surface area (Å²) in [5.41, 5.74) is 0.100. The van der Waals surface area contributed by atoms with Crippen LogP contribution in [0.4, 0.5) is 0 Å². The molecule has 0 N–H and O–H groups in total. The Balaban J connectivity index is 2.41. The number of ether oxygens (including phenoxy) is 1. The number of hydrogen-bond acceptors (Lipinski definition) is 3. The first-order valence-corrected chi connectivity index (χ1v) is 7.16. The van der Waals surface area contributed by atoms with Crippen molar-refractivity contribution in [2.45, 2.75) is 52.1 Å². The summed E-state index contributed by atoms with van der Waals surface area (Å²) in [7, 11) is 0. The second kappa shape index (κ2) is 7.83. The maximum atomic E-state index is 12.0. The lowest BCUT2D eigenvalue weighted by atomic mass is 9.95. The van der Waals surface area contributed by atoms with E-state index >= 15 is 0 Å². The third kappa shape index (κ3) is 6.00. The van der Waals surface area contributed by atoms with Crippen LogP contribution in [0.5, 0.6) is 0 Å². The van der Waals surface area contributed by atoms with E-state index < -0.39 is 5.60 Å². The Kier molecular flexibility index (Phi) is 6.43. The van der Waals surface area contributed by atoms with Gasteiger partial charge < -0.3 is 9.53 Å². The lowest BCUT2D eigenvalue weighted by molar-refractivity contribution is -0.108. The van der Waals surface area contributed by atoms with Gasteiger partial charge >= 0.3 is 5.97 Å². The van der Waals surface area contributed by atoms with Gasteiger partial charge in [0.05, 0.1) is 5.56 Å². The molecule has 3 nitrogen and oxygen atoms in total. The molecule has 1 atom stereocenters. The molecule has 1 aromatic rings. The van der Waals surface area contributed by atoms with Crippen LogP contribution in [0.15, 0.2) is 30.3 Å². The van der Waals surface area contributed by atoms with Gasteiger partial charge in [-0.15, -0.1) is 0 Å². The molecule has 0 aliphatic carbocycles. The zero-order valence-electron chi connectivity index (χ0n) is 12.6. The molecule has 1 aromatic carbocycles. The Morgan fingerprint density at radius 3 is 2.55 bits per heavy atom. The normalized spacial score (nSPS) is 12.8. The summed E-state index contributed by atoms with van der Waals surface area (Å²) >= 11 is 0. The number of hydrogen-bond donors (Lipinski definition) is 0. The third-order valence-electron chi connectivity index (χ3n) is 3.35. The highest BCUT2D eigenvalue weighted by molar-refractivity contribution is 5.89. The lowest BCUT2D eigenvalue weighted by Gasteiger charge is -2.25. The molecular weight excluding hydrogens is 252 g/mol. The van der Waals surface area contributed by atoms with E-state index in [1.54, 1.807) is 12.1 Å². The van der Waals surface area contributed by atoms with E-state index in [1.807, 2.05) is 32.0 Å². The van der Waals surface area contributed by atoms with Crippen LogP contribution in [0, 0.1) is 5.92 Å². The van der Waals surface area contributed by atoms with Crippen molar-refractivity contribution in [2.24, 2.45) is 5.92 Å². The fraction of sp³-hybridized carbons (Fsp3) is 0.529. The standard InChI is InChI=1S/C17H24O3/c1-14(11-13-18)8-7-12-17(2,3)20-16(19)15-9-5-4-6-10-15/h4-6,9-10,13-14H,7-8,11-12H2,1-3H3. The molecule has 0 aliphatic rings. The quantitative estimate of drug-likeness (QED) is 0.532. The van der Waals surface area contributed by atoms with Gasteiger partial charge in [0.25, 0.3) is 0 Å². The molecule has 0 bridgehead atoms. The van der Waals surface area contributed by atoms with Crippen LogP contribution in [0.1, 0.15) is 56.8 Å². The van der Waals surface area contributed by atoms with Crippen LogP contribution in [-0.2, 0) is 9.53 Å². The zero-order chi connectivity index (χ0) is 15.0. The highest BCUT2D eigenvalue weighted by Gasteiger charge is 2.23. The largest absolute Gasteiger partial charge is 0.456 e. The Morgan fingerprint density at radius 1 is 1.30 bits per heavy atom. The molecule has 0 aromatic heterocycles. The molecule has 0 spiro atoms. The summed E-state index contributed by atoms with van der Waals surface area (Å²) in [6, 6.07) is 9.03. The second-order valence-corrected chi connectivity index (χ2v) is 5.92. The van der Waals surface area contributed by atoms with E-state index in [1.165, 1.54) is 0 Å². The van der Waals surface area contributed by atoms with Gasteiger partial charge in [0.2, 0.25) is 0 Å². The van der Waals surface area contributed by atoms with Crippen molar-refractivity contribution < 1.29 is 14.3 Å². The Bertz CT molecular complexity index is 423. The van der Waals surface area contributed by atoms with Gasteiger partial charge in [0.1, 0.15) is 11.9 Å². The smallest absolute Gasteiger partial charge is 0.338 e. The fourth-order valence-electron chi connectivity index (χ4n) is 2.09. The maximum absolute atomic E-state index is 12.0. The van der Waals surface area contributed by atoms with E-state index in [0.717, 1.165) is 25.5 Å². The number of rotatable bonds is 8. The van der Waals surface area contributed by atoms with Crippen LogP contribution in [0.25, 0.3) is 0 Å². The highest BCUT2D eigenvalue weighted by atomic mass is 16.6. The van der Waals surface area contributed by atoms with Crippen LogP contribution < -0.4 is 0 Å². The molecule has 0 saturated heterocycles. The molecule has 20 heavy (non-hydrogen) atoms. The summed E-state index contributed by atoms with van der Waals surface area (Å²) in [6.45, 7) is 5.92. The third-order valence-corrected chi connectivity index (χ3v) is 3.35. The average Bonchev–Trinajstić information content (AvgIpc) is 2.39. The molecule has 0 saturated carbocycles. The van der Waals surface area contributed by atoms with Gasteiger partial charge in [-0.2, -0.15) is 0 Å². The van der Waals surface area contributed by atoms with Crippen molar-refractivity contribution >= 4 is 12.3 Å². The molecule has 0 heterocycles. The van der Waals surface area contributed by atoms with Crippen molar-refractivity contribution in [3.05, 3.63) is 35.9 Å². The molecule has 3 heteroatoms. The molecule has 0 radical (unpaired) electrons. The number of esters is 1. The first-order valence-electron chi connectivity index (χ1n) is 7.16. The highest BCUT2D eigenvalue weighted by Crippen LogP contribution is 2.22. The molecule has 0 amide bonds. The summed E-state index contributed by atoms with van der Waals surface area (Å²) in [5, 5.41) is 0. The van der Waals surface area contributed by atoms with Gasteiger partial charge in [-0.1, -0.05) is 31.5 Å². The zero-order valence-corrected chi connectivity index (χ0v) is 12.6. The molecule has 1 rings (SSSR count). The van der Waals surface area contributed by atoms with Crippen LogP contribution in [-0.4, -0.2) is 17.9 Å². The van der Waals surface area contributed by atoms with Gasteiger partial charge in [0.15, 0.2) is 0 Å². The average molecular weight is 276 g/mol.